The zero-order chi connectivity index (χ0) is 18.0. The molecule has 1 rings (SSSR count). The van der Waals surface area contributed by atoms with Crippen LogP contribution in [0.5, 0.6) is 0 Å². The monoisotopic (exact) mass is 470 g/mol. The molecular formula is C18H39IN4O2. The fourth-order valence-electron chi connectivity index (χ4n) is 2.52. The summed E-state index contributed by atoms with van der Waals surface area (Å²) in [5, 5.41) is 3.44. The Labute approximate surface area is 171 Å². The molecule has 0 aromatic heterocycles. The predicted molar refractivity (Wildman–Crippen MR) is 116 cm³/mol. The quantitative estimate of drug-likeness (QED) is 0.243. The lowest BCUT2D eigenvalue weighted by molar-refractivity contribution is 0.00986. The minimum absolute atomic E-state index is 0. The van der Waals surface area contributed by atoms with Crippen LogP contribution in [0, 0.1) is 0 Å². The number of halogens is 1. The van der Waals surface area contributed by atoms with E-state index in [9.17, 15) is 0 Å². The number of rotatable bonds is 9. The number of guanidine groups is 1. The Kier molecular flexibility index (Phi) is 13.0. The average molecular weight is 470 g/mol. The van der Waals surface area contributed by atoms with Crippen LogP contribution in [-0.4, -0.2) is 88.0 Å². The summed E-state index contributed by atoms with van der Waals surface area (Å²) in [7, 11) is 5.95. The molecule has 1 N–H and O–H groups in total. The van der Waals surface area contributed by atoms with Crippen LogP contribution in [0.15, 0.2) is 4.99 Å². The highest BCUT2D eigenvalue weighted by Gasteiger charge is 2.24. The Bertz CT molecular complexity index is 370. The Morgan fingerprint density at radius 3 is 2.40 bits per heavy atom. The van der Waals surface area contributed by atoms with Gasteiger partial charge >= 0.3 is 0 Å². The maximum absolute atomic E-state index is 5.95. The zero-order valence-corrected chi connectivity index (χ0v) is 19.3. The minimum Gasteiger partial charge on any atom is -0.385 e. The van der Waals surface area contributed by atoms with Gasteiger partial charge in [-0.3, -0.25) is 4.99 Å². The van der Waals surface area contributed by atoms with Crippen LogP contribution in [0.2, 0.25) is 0 Å². The Morgan fingerprint density at radius 2 is 1.88 bits per heavy atom. The zero-order valence-electron chi connectivity index (χ0n) is 17.0. The molecule has 25 heavy (non-hydrogen) atoms. The van der Waals surface area contributed by atoms with Gasteiger partial charge in [0.2, 0.25) is 0 Å². The van der Waals surface area contributed by atoms with Gasteiger partial charge in [-0.05, 0) is 54.1 Å². The Balaban J connectivity index is 0.00000576. The first kappa shape index (κ1) is 24.9. The van der Waals surface area contributed by atoms with E-state index in [-0.39, 0.29) is 29.5 Å². The molecule has 1 aliphatic rings. The van der Waals surface area contributed by atoms with Crippen LogP contribution in [0.1, 0.15) is 40.0 Å². The molecule has 1 fully saturated rings. The van der Waals surface area contributed by atoms with Crippen molar-refractivity contribution in [3.8, 4) is 0 Å². The molecule has 0 aromatic rings. The highest BCUT2D eigenvalue weighted by Crippen LogP contribution is 2.15. The molecule has 0 amide bonds. The smallest absolute Gasteiger partial charge is 0.193 e. The standard InChI is InChI=1S/C18H38N4O2.HI/c1-7-19-17(20-15-18(2,3)21(4)5)22-11-9-16(10-12-22)24-14-8-13-23-6;/h16H,7-15H2,1-6H3,(H,19,20);1H. The molecule has 0 atom stereocenters. The summed E-state index contributed by atoms with van der Waals surface area (Å²) in [4.78, 5) is 9.46. The van der Waals surface area contributed by atoms with Crippen LogP contribution in [0.3, 0.4) is 0 Å². The second-order valence-corrected chi connectivity index (χ2v) is 7.28. The Hall–Kier alpha value is -0.120. The summed E-state index contributed by atoms with van der Waals surface area (Å²) in [6.07, 6.45) is 3.47. The summed E-state index contributed by atoms with van der Waals surface area (Å²) in [6, 6.07) is 0. The molecule has 0 aliphatic carbocycles. The van der Waals surface area contributed by atoms with Gasteiger partial charge in [0.25, 0.3) is 0 Å². The molecule has 0 spiro atoms. The number of methoxy groups -OCH3 is 1. The molecule has 1 aliphatic heterocycles. The number of hydrogen-bond donors (Lipinski definition) is 1. The number of nitrogens with zero attached hydrogens (tertiary/aromatic N) is 3. The number of aliphatic imine (C=N–C) groups is 1. The molecule has 0 bridgehead atoms. The van der Waals surface area contributed by atoms with Crippen molar-refractivity contribution in [2.75, 3.05) is 60.6 Å². The van der Waals surface area contributed by atoms with E-state index >= 15 is 0 Å². The second kappa shape index (κ2) is 13.1. The molecule has 7 heteroatoms. The Morgan fingerprint density at radius 1 is 1.24 bits per heavy atom. The van der Waals surface area contributed by atoms with Crippen LogP contribution in [0.25, 0.3) is 0 Å². The van der Waals surface area contributed by atoms with E-state index in [2.05, 4.69) is 50.0 Å². The van der Waals surface area contributed by atoms with Gasteiger partial charge in [0, 0.05) is 45.5 Å². The summed E-state index contributed by atoms with van der Waals surface area (Å²) in [5.74, 6) is 1.03. The number of likely N-dealkylation sites (N-methyl/N-ethyl adjacent to an activating group) is 1. The van der Waals surface area contributed by atoms with Gasteiger partial charge in [0.05, 0.1) is 12.6 Å². The third kappa shape index (κ3) is 9.40. The molecule has 0 saturated carbocycles. The van der Waals surface area contributed by atoms with Crippen molar-refractivity contribution in [3.63, 3.8) is 0 Å². The van der Waals surface area contributed by atoms with Gasteiger partial charge in [-0.25, -0.2) is 0 Å². The predicted octanol–water partition coefficient (Wildman–Crippen LogP) is 2.43. The number of nitrogens with one attached hydrogen (secondary N) is 1. The van der Waals surface area contributed by atoms with E-state index in [0.29, 0.717) is 6.10 Å². The van der Waals surface area contributed by atoms with E-state index in [1.807, 2.05) is 0 Å². The van der Waals surface area contributed by atoms with Gasteiger partial charge in [0.1, 0.15) is 0 Å². The topological polar surface area (TPSA) is 49.3 Å². The van der Waals surface area contributed by atoms with Crippen molar-refractivity contribution in [2.24, 2.45) is 4.99 Å². The first-order valence-corrected chi connectivity index (χ1v) is 9.22. The van der Waals surface area contributed by atoms with Crippen molar-refractivity contribution >= 4 is 29.9 Å². The summed E-state index contributed by atoms with van der Waals surface area (Å²) in [5.41, 5.74) is 0.0590. The van der Waals surface area contributed by atoms with Crippen molar-refractivity contribution in [3.05, 3.63) is 0 Å². The van der Waals surface area contributed by atoms with E-state index in [0.717, 1.165) is 64.6 Å². The first-order valence-electron chi connectivity index (χ1n) is 9.22. The van der Waals surface area contributed by atoms with Crippen LogP contribution in [0.4, 0.5) is 0 Å². The van der Waals surface area contributed by atoms with Gasteiger partial charge in [0.15, 0.2) is 5.96 Å². The minimum atomic E-state index is 0. The highest BCUT2D eigenvalue weighted by atomic mass is 127. The van der Waals surface area contributed by atoms with Crippen LogP contribution < -0.4 is 5.32 Å². The van der Waals surface area contributed by atoms with Gasteiger partial charge < -0.3 is 24.6 Å². The number of hydrogen-bond acceptors (Lipinski definition) is 4. The van der Waals surface area contributed by atoms with Crippen molar-refractivity contribution in [2.45, 2.75) is 51.7 Å². The molecule has 150 valence electrons. The van der Waals surface area contributed by atoms with Crippen LogP contribution >= 0.6 is 24.0 Å². The van der Waals surface area contributed by atoms with E-state index in [4.69, 9.17) is 14.5 Å². The lowest BCUT2D eigenvalue weighted by Gasteiger charge is -2.35. The van der Waals surface area contributed by atoms with E-state index in [1.165, 1.54) is 0 Å². The maximum Gasteiger partial charge on any atom is 0.193 e. The SMILES string of the molecule is CCNC(=NCC(C)(C)N(C)C)N1CCC(OCCCOC)CC1.I. The third-order valence-electron chi connectivity index (χ3n) is 4.75. The second-order valence-electron chi connectivity index (χ2n) is 7.28. The fraction of sp³-hybridized carbons (Fsp3) is 0.944. The summed E-state index contributed by atoms with van der Waals surface area (Å²) in [6.45, 7) is 11.8. The van der Waals surface area contributed by atoms with Gasteiger partial charge in [-0.2, -0.15) is 0 Å². The van der Waals surface area contributed by atoms with Crippen molar-refractivity contribution in [1.82, 2.24) is 15.1 Å². The molecule has 0 unspecified atom stereocenters. The molecule has 0 aromatic carbocycles. The van der Waals surface area contributed by atoms with Crippen LogP contribution in [-0.2, 0) is 9.47 Å². The lowest BCUT2D eigenvalue weighted by atomic mass is 10.1. The van der Waals surface area contributed by atoms with E-state index < -0.39 is 0 Å². The highest BCUT2D eigenvalue weighted by molar-refractivity contribution is 14.0. The molecular weight excluding hydrogens is 431 g/mol. The maximum atomic E-state index is 5.95. The molecule has 1 saturated heterocycles. The van der Waals surface area contributed by atoms with Gasteiger partial charge in [-0.15, -0.1) is 24.0 Å². The lowest BCUT2D eigenvalue weighted by Crippen LogP contribution is -2.48. The number of likely N-dealkylation sites (tertiary alicyclic amines) is 1. The van der Waals surface area contributed by atoms with E-state index in [1.54, 1.807) is 7.11 Å². The molecule has 1 heterocycles. The molecule has 0 radical (unpaired) electrons. The van der Waals surface area contributed by atoms with Gasteiger partial charge in [-0.1, -0.05) is 0 Å². The normalized spacial score (nSPS) is 16.9. The largest absolute Gasteiger partial charge is 0.385 e. The van der Waals surface area contributed by atoms with Crippen molar-refractivity contribution < 1.29 is 9.47 Å². The average Bonchev–Trinajstić information content (AvgIpc) is 2.56. The fourth-order valence-corrected chi connectivity index (χ4v) is 2.52. The third-order valence-corrected chi connectivity index (χ3v) is 4.75. The molecule has 6 nitrogen and oxygen atoms in total. The summed E-state index contributed by atoms with van der Waals surface area (Å²) < 4.78 is 11.0. The first-order chi connectivity index (χ1) is 11.4. The number of piperidine rings is 1. The summed E-state index contributed by atoms with van der Waals surface area (Å²) >= 11 is 0. The van der Waals surface area contributed by atoms with Crippen molar-refractivity contribution in [1.29, 1.82) is 0 Å². The number of ether oxygens (including phenoxy) is 2.